The smallest absolute Gasteiger partial charge is 0.191 e. The van der Waals surface area contributed by atoms with Gasteiger partial charge in [0.2, 0.25) is 0 Å². The van der Waals surface area contributed by atoms with Crippen LogP contribution in [0.3, 0.4) is 0 Å². The van der Waals surface area contributed by atoms with Crippen LogP contribution in [0.5, 0.6) is 0 Å². The van der Waals surface area contributed by atoms with Crippen molar-refractivity contribution in [2.24, 2.45) is 4.99 Å². The Bertz CT molecular complexity index is 694. The van der Waals surface area contributed by atoms with Gasteiger partial charge in [0.1, 0.15) is 5.82 Å². The van der Waals surface area contributed by atoms with Gasteiger partial charge in [-0.3, -0.25) is 0 Å². The van der Waals surface area contributed by atoms with Crippen LogP contribution < -0.4 is 10.6 Å². The molecule has 4 nitrogen and oxygen atoms in total. The highest BCUT2D eigenvalue weighted by Crippen LogP contribution is 2.08. The number of rotatable bonds is 8. The molecule has 2 aromatic rings. The number of nitrogens with zero attached hydrogens (tertiary/aromatic N) is 1. The summed E-state index contributed by atoms with van der Waals surface area (Å²) in [6, 6.07) is 15.0. The molecule has 0 aromatic heterocycles. The van der Waals surface area contributed by atoms with E-state index < -0.39 is 0 Å². The van der Waals surface area contributed by atoms with Crippen molar-refractivity contribution in [3.8, 4) is 0 Å². The van der Waals surface area contributed by atoms with Crippen LogP contribution in [-0.2, 0) is 24.3 Å². The van der Waals surface area contributed by atoms with E-state index in [1.165, 1.54) is 6.07 Å². The molecule has 6 heteroatoms. The fraction of sp³-hybridized carbons (Fsp3) is 0.350. The van der Waals surface area contributed by atoms with Crippen LogP contribution in [0.2, 0.25) is 0 Å². The van der Waals surface area contributed by atoms with Crippen molar-refractivity contribution in [3.05, 3.63) is 71.0 Å². The Balaban J connectivity index is 0.00000338. The zero-order valence-electron chi connectivity index (χ0n) is 15.3. The van der Waals surface area contributed by atoms with E-state index in [2.05, 4.69) is 21.7 Å². The number of hydrogen-bond donors (Lipinski definition) is 2. The summed E-state index contributed by atoms with van der Waals surface area (Å²) < 4.78 is 18.8. The zero-order chi connectivity index (χ0) is 17.9. The van der Waals surface area contributed by atoms with Crippen LogP contribution in [0.25, 0.3) is 0 Å². The molecule has 0 fully saturated rings. The van der Waals surface area contributed by atoms with Gasteiger partial charge in [0.15, 0.2) is 5.96 Å². The topological polar surface area (TPSA) is 45.7 Å². The van der Waals surface area contributed by atoms with Crippen LogP contribution in [-0.4, -0.2) is 26.2 Å². The molecule has 2 rings (SSSR count). The van der Waals surface area contributed by atoms with E-state index in [-0.39, 0.29) is 29.8 Å². The van der Waals surface area contributed by atoms with E-state index in [1.807, 2.05) is 37.3 Å². The van der Waals surface area contributed by atoms with Gasteiger partial charge in [-0.25, -0.2) is 9.38 Å². The number of aliphatic imine (C=N–C) groups is 1. The average molecular weight is 471 g/mol. The summed E-state index contributed by atoms with van der Waals surface area (Å²) >= 11 is 0. The van der Waals surface area contributed by atoms with Crippen LogP contribution in [0, 0.1) is 5.82 Å². The molecule has 2 N–H and O–H groups in total. The lowest BCUT2D eigenvalue weighted by Crippen LogP contribution is -2.38. The van der Waals surface area contributed by atoms with Crippen molar-refractivity contribution >= 4 is 29.9 Å². The lowest BCUT2D eigenvalue weighted by Gasteiger charge is -2.12. The number of benzene rings is 2. The largest absolute Gasteiger partial charge is 0.380 e. The maximum atomic E-state index is 13.6. The maximum Gasteiger partial charge on any atom is 0.191 e. The molecule has 0 amide bonds. The van der Waals surface area contributed by atoms with Crippen LogP contribution in [0.15, 0.2) is 53.5 Å². The van der Waals surface area contributed by atoms with E-state index >= 15 is 0 Å². The van der Waals surface area contributed by atoms with Gasteiger partial charge in [-0.2, -0.15) is 0 Å². The van der Waals surface area contributed by atoms with E-state index in [9.17, 15) is 4.39 Å². The van der Waals surface area contributed by atoms with Gasteiger partial charge in [-0.05, 0) is 36.1 Å². The van der Waals surface area contributed by atoms with Gasteiger partial charge in [-0.1, -0.05) is 42.5 Å². The zero-order valence-corrected chi connectivity index (χ0v) is 17.6. The molecule has 0 saturated heterocycles. The molecule has 0 unspecified atom stereocenters. The molecular weight excluding hydrogens is 444 g/mol. The second kappa shape index (κ2) is 12.6. The lowest BCUT2D eigenvalue weighted by molar-refractivity contribution is 0.185. The highest BCUT2D eigenvalue weighted by Gasteiger charge is 2.02. The third-order valence-electron chi connectivity index (χ3n) is 3.71. The Kier molecular flexibility index (Phi) is 10.9. The third-order valence-corrected chi connectivity index (χ3v) is 3.71. The molecule has 0 saturated carbocycles. The van der Waals surface area contributed by atoms with Crippen molar-refractivity contribution in [1.82, 2.24) is 10.6 Å². The first-order chi connectivity index (χ1) is 12.2. The van der Waals surface area contributed by atoms with E-state index in [1.54, 1.807) is 13.2 Å². The standard InChI is InChI=1S/C20H26FN3O.HI/c1-3-22-20(23-12-11-18-9-4-5-10-19(18)21)24-14-16-7-6-8-17(13-16)15-25-2;/h4-10,13H,3,11-12,14-15H2,1-2H3,(H2,22,23,24);1H. The molecule has 142 valence electrons. The lowest BCUT2D eigenvalue weighted by atomic mass is 10.1. The van der Waals surface area contributed by atoms with Crippen molar-refractivity contribution in [2.75, 3.05) is 20.2 Å². The van der Waals surface area contributed by atoms with Crippen LogP contribution in [0.1, 0.15) is 23.6 Å². The number of guanidine groups is 1. The molecule has 2 aromatic carbocycles. The third kappa shape index (κ3) is 7.70. The summed E-state index contributed by atoms with van der Waals surface area (Å²) in [5.41, 5.74) is 2.96. The molecule has 0 heterocycles. The van der Waals surface area contributed by atoms with E-state index in [0.29, 0.717) is 31.7 Å². The summed E-state index contributed by atoms with van der Waals surface area (Å²) in [5, 5.41) is 6.47. The number of ether oxygens (including phenoxy) is 1. The molecule has 0 aliphatic carbocycles. The van der Waals surface area contributed by atoms with Crippen molar-refractivity contribution in [1.29, 1.82) is 0 Å². The minimum absolute atomic E-state index is 0. The van der Waals surface area contributed by atoms with Gasteiger partial charge in [0.05, 0.1) is 13.2 Å². The van der Waals surface area contributed by atoms with Gasteiger partial charge >= 0.3 is 0 Å². The molecular formula is C20H27FIN3O. The molecule has 0 aliphatic rings. The molecule has 0 bridgehead atoms. The van der Waals surface area contributed by atoms with Crippen LogP contribution >= 0.6 is 24.0 Å². The van der Waals surface area contributed by atoms with Crippen molar-refractivity contribution < 1.29 is 9.13 Å². The summed E-state index contributed by atoms with van der Waals surface area (Å²) in [4.78, 5) is 4.60. The Morgan fingerprint density at radius 3 is 2.58 bits per heavy atom. The number of hydrogen-bond acceptors (Lipinski definition) is 2. The number of halogens is 2. The normalized spacial score (nSPS) is 11.0. The van der Waals surface area contributed by atoms with Gasteiger partial charge < -0.3 is 15.4 Å². The second-order valence-corrected chi connectivity index (χ2v) is 5.72. The van der Waals surface area contributed by atoms with Crippen LogP contribution in [0.4, 0.5) is 4.39 Å². The first-order valence-electron chi connectivity index (χ1n) is 8.55. The highest BCUT2D eigenvalue weighted by atomic mass is 127. The molecule has 0 aliphatic heterocycles. The summed E-state index contributed by atoms with van der Waals surface area (Å²) in [7, 11) is 1.69. The quantitative estimate of drug-likeness (QED) is 0.349. The first-order valence-corrected chi connectivity index (χ1v) is 8.55. The summed E-state index contributed by atoms with van der Waals surface area (Å²) in [5.74, 6) is 0.567. The Morgan fingerprint density at radius 1 is 1.08 bits per heavy atom. The molecule has 0 radical (unpaired) electrons. The SMILES string of the molecule is CCNC(=NCc1cccc(COC)c1)NCCc1ccccc1F.I. The van der Waals surface area contributed by atoms with Gasteiger partial charge in [0, 0.05) is 20.2 Å². The average Bonchev–Trinajstić information content (AvgIpc) is 2.62. The first kappa shape index (κ1) is 22.4. The minimum Gasteiger partial charge on any atom is -0.380 e. The molecule has 0 spiro atoms. The Labute approximate surface area is 172 Å². The number of nitrogens with one attached hydrogen (secondary N) is 2. The number of methoxy groups -OCH3 is 1. The van der Waals surface area contributed by atoms with E-state index in [0.717, 1.165) is 23.6 Å². The summed E-state index contributed by atoms with van der Waals surface area (Å²) in [6.45, 7) is 4.59. The van der Waals surface area contributed by atoms with Gasteiger partial charge in [-0.15, -0.1) is 24.0 Å². The fourth-order valence-electron chi connectivity index (χ4n) is 2.51. The van der Waals surface area contributed by atoms with Gasteiger partial charge in [0.25, 0.3) is 0 Å². The Hall–Kier alpha value is -1.67. The second-order valence-electron chi connectivity index (χ2n) is 5.72. The highest BCUT2D eigenvalue weighted by molar-refractivity contribution is 14.0. The molecule has 0 atom stereocenters. The fourth-order valence-corrected chi connectivity index (χ4v) is 2.51. The predicted octanol–water partition coefficient (Wildman–Crippen LogP) is 3.89. The van der Waals surface area contributed by atoms with Crippen molar-refractivity contribution in [3.63, 3.8) is 0 Å². The minimum atomic E-state index is -0.166. The Morgan fingerprint density at radius 2 is 1.85 bits per heavy atom. The monoisotopic (exact) mass is 471 g/mol. The molecule has 26 heavy (non-hydrogen) atoms. The predicted molar refractivity (Wildman–Crippen MR) is 115 cm³/mol. The maximum absolute atomic E-state index is 13.6. The van der Waals surface area contributed by atoms with E-state index in [4.69, 9.17) is 4.74 Å². The summed E-state index contributed by atoms with van der Waals surface area (Å²) in [6.07, 6.45) is 0.612. The van der Waals surface area contributed by atoms with Crippen molar-refractivity contribution in [2.45, 2.75) is 26.5 Å².